The van der Waals surface area contributed by atoms with E-state index in [0.717, 1.165) is 43.0 Å². The summed E-state index contributed by atoms with van der Waals surface area (Å²) in [4.78, 5) is 11.1. The van der Waals surface area contributed by atoms with Gasteiger partial charge in [-0.15, -0.1) is 0 Å². The van der Waals surface area contributed by atoms with E-state index in [-0.39, 0.29) is 0 Å². The molecule has 4 heteroatoms. The van der Waals surface area contributed by atoms with Crippen LogP contribution < -0.4 is 10.6 Å². The van der Waals surface area contributed by atoms with E-state index in [4.69, 9.17) is 5.73 Å². The molecule has 2 rings (SSSR count). The molecule has 1 aliphatic heterocycles. The molecule has 0 aliphatic carbocycles. The molecule has 0 aromatic carbocycles. The number of aryl methyl sites for hydroxylation is 1. The second-order valence-electron chi connectivity index (χ2n) is 5.16. The Morgan fingerprint density at radius 3 is 2.82 bits per heavy atom. The minimum absolute atomic E-state index is 0.583. The first kappa shape index (κ1) is 12.1. The normalized spacial score (nSPS) is 20.2. The highest BCUT2D eigenvalue weighted by Crippen LogP contribution is 2.27. The predicted octanol–water partition coefficient (Wildman–Crippen LogP) is 2.10. The molecule has 1 unspecified atom stereocenters. The summed E-state index contributed by atoms with van der Waals surface area (Å²) in [5.74, 6) is 3.94. The van der Waals surface area contributed by atoms with Gasteiger partial charge < -0.3 is 10.6 Å². The molecule has 0 radical (unpaired) electrons. The van der Waals surface area contributed by atoms with Crippen LogP contribution in [0, 0.1) is 11.8 Å². The first-order chi connectivity index (χ1) is 8.10. The Morgan fingerprint density at radius 1 is 1.47 bits per heavy atom. The van der Waals surface area contributed by atoms with Crippen molar-refractivity contribution in [3.8, 4) is 0 Å². The Kier molecular flexibility index (Phi) is 3.50. The van der Waals surface area contributed by atoms with Crippen molar-refractivity contribution in [1.29, 1.82) is 0 Å². The lowest BCUT2D eigenvalue weighted by molar-refractivity contribution is 0.422. The fourth-order valence-corrected chi connectivity index (χ4v) is 2.36. The van der Waals surface area contributed by atoms with Gasteiger partial charge in [-0.2, -0.15) is 0 Å². The van der Waals surface area contributed by atoms with Gasteiger partial charge in [0.25, 0.3) is 0 Å². The minimum Gasteiger partial charge on any atom is -0.384 e. The molecule has 1 aliphatic rings. The van der Waals surface area contributed by atoms with Gasteiger partial charge in [-0.1, -0.05) is 20.8 Å². The van der Waals surface area contributed by atoms with Crippen molar-refractivity contribution in [2.24, 2.45) is 11.8 Å². The van der Waals surface area contributed by atoms with E-state index >= 15 is 0 Å². The van der Waals surface area contributed by atoms with E-state index in [9.17, 15) is 0 Å². The van der Waals surface area contributed by atoms with Crippen LogP contribution in [0.2, 0.25) is 0 Å². The second kappa shape index (κ2) is 4.90. The highest BCUT2D eigenvalue weighted by molar-refractivity contribution is 5.47. The lowest BCUT2D eigenvalue weighted by atomic mass is 9.95. The summed E-state index contributed by atoms with van der Waals surface area (Å²) < 4.78 is 0. The molecule has 0 saturated carbocycles. The lowest BCUT2D eigenvalue weighted by Gasteiger charge is -2.19. The molecule has 0 bridgehead atoms. The number of hydrogen-bond donors (Lipinski definition) is 1. The molecule has 17 heavy (non-hydrogen) atoms. The molecule has 0 spiro atoms. The zero-order valence-electron chi connectivity index (χ0n) is 11.0. The third kappa shape index (κ3) is 2.68. The maximum absolute atomic E-state index is 5.82. The lowest BCUT2D eigenvalue weighted by Crippen LogP contribution is -2.23. The molecule has 1 saturated heterocycles. The smallest absolute Gasteiger partial charge is 0.134 e. The Labute approximate surface area is 103 Å². The van der Waals surface area contributed by atoms with Gasteiger partial charge in [-0.05, 0) is 18.3 Å². The summed E-state index contributed by atoms with van der Waals surface area (Å²) in [7, 11) is 0. The summed E-state index contributed by atoms with van der Waals surface area (Å²) in [5, 5.41) is 0. The summed E-state index contributed by atoms with van der Waals surface area (Å²) >= 11 is 0. The van der Waals surface area contributed by atoms with Crippen molar-refractivity contribution in [2.75, 3.05) is 23.7 Å². The number of aromatic nitrogens is 2. The third-order valence-corrected chi connectivity index (χ3v) is 3.59. The quantitative estimate of drug-likeness (QED) is 0.870. The highest BCUT2D eigenvalue weighted by Gasteiger charge is 2.26. The molecule has 1 aromatic heterocycles. The van der Waals surface area contributed by atoms with Gasteiger partial charge in [-0.3, -0.25) is 0 Å². The Bertz CT molecular complexity index is 389. The summed E-state index contributed by atoms with van der Waals surface area (Å²) in [6, 6.07) is 1.89. The summed E-state index contributed by atoms with van der Waals surface area (Å²) in [6.45, 7) is 8.82. The number of anilines is 2. The van der Waals surface area contributed by atoms with Crippen LogP contribution in [0.25, 0.3) is 0 Å². The SMILES string of the molecule is CCc1nc(N)cc(N2CCC(C(C)C)C2)n1. The van der Waals surface area contributed by atoms with Gasteiger partial charge in [0.15, 0.2) is 0 Å². The molecule has 2 N–H and O–H groups in total. The zero-order valence-corrected chi connectivity index (χ0v) is 11.0. The second-order valence-corrected chi connectivity index (χ2v) is 5.16. The maximum Gasteiger partial charge on any atom is 0.134 e. The molecule has 4 nitrogen and oxygen atoms in total. The van der Waals surface area contributed by atoms with Crippen molar-refractivity contribution < 1.29 is 0 Å². The number of nitrogens with zero attached hydrogens (tertiary/aromatic N) is 3. The minimum atomic E-state index is 0.583. The van der Waals surface area contributed by atoms with Crippen molar-refractivity contribution in [3.63, 3.8) is 0 Å². The molecule has 1 aromatic rings. The van der Waals surface area contributed by atoms with Gasteiger partial charge in [0.2, 0.25) is 0 Å². The van der Waals surface area contributed by atoms with Crippen LogP contribution in [0.1, 0.15) is 33.0 Å². The van der Waals surface area contributed by atoms with Crippen molar-refractivity contribution in [2.45, 2.75) is 33.6 Å². The topological polar surface area (TPSA) is 55.0 Å². The van der Waals surface area contributed by atoms with E-state index in [1.807, 2.05) is 6.07 Å². The van der Waals surface area contributed by atoms with Crippen molar-refractivity contribution >= 4 is 11.6 Å². The molecule has 94 valence electrons. The molecule has 1 atom stereocenters. The highest BCUT2D eigenvalue weighted by atomic mass is 15.2. The molecule has 2 heterocycles. The van der Waals surface area contributed by atoms with Gasteiger partial charge in [-0.25, -0.2) is 9.97 Å². The van der Waals surface area contributed by atoms with Crippen LogP contribution in [-0.4, -0.2) is 23.1 Å². The van der Waals surface area contributed by atoms with Crippen LogP contribution in [0.3, 0.4) is 0 Å². The predicted molar refractivity (Wildman–Crippen MR) is 71.0 cm³/mol. The van der Waals surface area contributed by atoms with Crippen LogP contribution in [0.4, 0.5) is 11.6 Å². The monoisotopic (exact) mass is 234 g/mol. The van der Waals surface area contributed by atoms with Crippen molar-refractivity contribution in [3.05, 3.63) is 11.9 Å². The van der Waals surface area contributed by atoms with Gasteiger partial charge in [0.05, 0.1) is 0 Å². The number of nitrogens with two attached hydrogens (primary N) is 1. The Morgan fingerprint density at radius 2 is 2.24 bits per heavy atom. The van der Waals surface area contributed by atoms with Gasteiger partial charge in [0.1, 0.15) is 17.5 Å². The van der Waals surface area contributed by atoms with E-state index in [1.165, 1.54) is 6.42 Å². The first-order valence-electron chi connectivity index (χ1n) is 6.48. The van der Waals surface area contributed by atoms with Gasteiger partial charge in [0, 0.05) is 25.6 Å². The van der Waals surface area contributed by atoms with Crippen LogP contribution in [0.15, 0.2) is 6.07 Å². The number of rotatable bonds is 3. The van der Waals surface area contributed by atoms with Crippen LogP contribution in [-0.2, 0) is 6.42 Å². The van der Waals surface area contributed by atoms with E-state index < -0.39 is 0 Å². The zero-order chi connectivity index (χ0) is 12.4. The number of hydrogen-bond acceptors (Lipinski definition) is 4. The molecule has 0 amide bonds. The van der Waals surface area contributed by atoms with E-state index in [0.29, 0.717) is 5.82 Å². The summed E-state index contributed by atoms with van der Waals surface area (Å²) in [5.41, 5.74) is 5.82. The largest absolute Gasteiger partial charge is 0.384 e. The van der Waals surface area contributed by atoms with Gasteiger partial charge >= 0.3 is 0 Å². The van der Waals surface area contributed by atoms with Crippen molar-refractivity contribution in [1.82, 2.24) is 9.97 Å². The average molecular weight is 234 g/mol. The Hall–Kier alpha value is -1.32. The van der Waals surface area contributed by atoms with Crippen LogP contribution >= 0.6 is 0 Å². The Balaban J connectivity index is 2.15. The van der Waals surface area contributed by atoms with E-state index in [2.05, 4.69) is 35.6 Å². The molecule has 1 fully saturated rings. The standard InChI is InChI=1S/C13H22N4/c1-4-12-15-11(14)7-13(16-12)17-6-5-10(8-17)9(2)3/h7,9-10H,4-6,8H2,1-3H3,(H2,14,15,16). The third-order valence-electron chi connectivity index (χ3n) is 3.59. The number of nitrogen functional groups attached to an aromatic ring is 1. The van der Waals surface area contributed by atoms with Crippen LogP contribution in [0.5, 0.6) is 0 Å². The fraction of sp³-hybridized carbons (Fsp3) is 0.692. The fourth-order valence-electron chi connectivity index (χ4n) is 2.36. The average Bonchev–Trinajstić information content (AvgIpc) is 2.77. The molecular formula is C13H22N4. The molecular weight excluding hydrogens is 212 g/mol. The first-order valence-corrected chi connectivity index (χ1v) is 6.48. The maximum atomic E-state index is 5.82. The van der Waals surface area contributed by atoms with E-state index in [1.54, 1.807) is 0 Å². The summed E-state index contributed by atoms with van der Waals surface area (Å²) in [6.07, 6.45) is 2.09.